The second kappa shape index (κ2) is 7.61. The van der Waals surface area contributed by atoms with Crippen LogP contribution in [-0.2, 0) is 0 Å². The highest BCUT2D eigenvalue weighted by molar-refractivity contribution is 7.25. The van der Waals surface area contributed by atoms with Crippen LogP contribution in [0.2, 0.25) is 0 Å². The SMILES string of the molecule is BC(B)(P)Oc1ccccc1-c1ccc(-c2nc(-c3ccc(C)cc3)c(C)[nH]2)o1. The Kier molecular flexibility index (Phi) is 5.14. The highest BCUT2D eigenvalue weighted by Crippen LogP contribution is 2.36. The monoisotopic (exact) mass is 400 g/mol. The van der Waals surface area contributed by atoms with E-state index in [1.807, 2.05) is 59.0 Å². The van der Waals surface area contributed by atoms with Crippen LogP contribution in [0.5, 0.6) is 5.75 Å². The highest BCUT2D eigenvalue weighted by atomic mass is 31.0. The first-order valence-corrected chi connectivity index (χ1v) is 10.2. The van der Waals surface area contributed by atoms with Crippen molar-refractivity contribution in [3.63, 3.8) is 0 Å². The van der Waals surface area contributed by atoms with E-state index in [2.05, 4.69) is 45.4 Å². The van der Waals surface area contributed by atoms with E-state index >= 15 is 0 Å². The largest absolute Gasteiger partial charge is 0.501 e. The molecule has 4 rings (SSSR count). The molecule has 0 spiro atoms. The van der Waals surface area contributed by atoms with Crippen LogP contribution in [-0.4, -0.2) is 30.8 Å². The fourth-order valence-corrected chi connectivity index (χ4v) is 3.35. The second-order valence-electron chi connectivity index (χ2n) is 7.79. The van der Waals surface area contributed by atoms with Crippen molar-refractivity contribution >= 4 is 24.9 Å². The van der Waals surface area contributed by atoms with E-state index in [1.165, 1.54) is 5.56 Å². The summed E-state index contributed by atoms with van der Waals surface area (Å²) in [5, 5.41) is -0.368. The molecule has 2 heterocycles. The van der Waals surface area contributed by atoms with Gasteiger partial charge in [-0.05, 0) is 38.1 Å². The Morgan fingerprint density at radius 2 is 1.66 bits per heavy atom. The van der Waals surface area contributed by atoms with Gasteiger partial charge in [-0.15, -0.1) is 9.24 Å². The van der Waals surface area contributed by atoms with Gasteiger partial charge in [0.2, 0.25) is 0 Å². The number of benzene rings is 2. The molecule has 0 saturated heterocycles. The number of aryl methyl sites for hydroxylation is 2. The lowest BCUT2D eigenvalue weighted by Crippen LogP contribution is -2.29. The second-order valence-corrected chi connectivity index (χ2v) is 9.18. The summed E-state index contributed by atoms with van der Waals surface area (Å²) in [5.74, 6) is 2.94. The van der Waals surface area contributed by atoms with Crippen molar-refractivity contribution in [3.8, 4) is 39.9 Å². The van der Waals surface area contributed by atoms with Crippen LogP contribution in [0.1, 0.15) is 11.3 Å². The fourth-order valence-electron chi connectivity index (χ4n) is 3.22. The van der Waals surface area contributed by atoms with Crippen molar-refractivity contribution in [2.75, 3.05) is 0 Å². The van der Waals surface area contributed by atoms with Crippen molar-refractivity contribution in [1.82, 2.24) is 9.97 Å². The molecule has 0 amide bonds. The van der Waals surface area contributed by atoms with Gasteiger partial charge in [-0.3, -0.25) is 0 Å². The summed E-state index contributed by atoms with van der Waals surface area (Å²) >= 11 is 0. The van der Waals surface area contributed by atoms with Gasteiger partial charge in [-0.25, -0.2) is 4.98 Å². The molecular formula is C22H23B2N2O2P. The number of nitrogens with one attached hydrogen (secondary N) is 1. The van der Waals surface area contributed by atoms with E-state index in [0.717, 1.165) is 34.0 Å². The minimum absolute atomic E-state index is 0.368. The minimum Gasteiger partial charge on any atom is -0.501 e. The third-order valence-electron chi connectivity index (χ3n) is 4.57. The molecule has 0 aliphatic carbocycles. The molecule has 1 N–H and O–H groups in total. The van der Waals surface area contributed by atoms with Gasteiger partial charge in [0.25, 0.3) is 0 Å². The molecule has 0 aliphatic rings. The number of aromatic nitrogens is 2. The molecule has 1 unspecified atom stereocenters. The van der Waals surface area contributed by atoms with Gasteiger partial charge in [0.05, 0.1) is 16.4 Å². The predicted molar refractivity (Wildman–Crippen MR) is 127 cm³/mol. The number of furan rings is 1. The van der Waals surface area contributed by atoms with E-state index in [-0.39, 0.29) is 5.14 Å². The lowest BCUT2D eigenvalue weighted by molar-refractivity contribution is 0.325. The zero-order chi connectivity index (χ0) is 20.6. The Hall–Kier alpha value is -2.71. The van der Waals surface area contributed by atoms with E-state index in [0.29, 0.717) is 11.6 Å². The Bertz CT molecular complexity index is 1140. The van der Waals surface area contributed by atoms with Gasteiger partial charge in [0, 0.05) is 11.3 Å². The van der Waals surface area contributed by atoms with Gasteiger partial charge < -0.3 is 14.1 Å². The zero-order valence-electron chi connectivity index (χ0n) is 17.1. The Morgan fingerprint density at radius 3 is 2.38 bits per heavy atom. The maximum Gasteiger partial charge on any atom is 0.174 e. The molecule has 1 atom stereocenters. The number of rotatable bonds is 5. The first-order chi connectivity index (χ1) is 13.8. The van der Waals surface area contributed by atoms with Gasteiger partial charge in [-0.1, -0.05) is 42.0 Å². The average molecular weight is 400 g/mol. The van der Waals surface area contributed by atoms with Crippen LogP contribution in [0, 0.1) is 13.8 Å². The van der Waals surface area contributed by atoms with Gasteiger partial charge >= 0.3 is 0 Å². The Labute approximate surface area is 175 Å². The zero-order valence-corrected chi connectivity index (χ0v) is 18.3. The highest BCUT2D eigenvalue weighted by Gasteiger charge is 2.19. The quantitative estimate of drug-likeness (QED) is 0.410. The summed E-state index contributed by atoms with van der Waals surface area (Å²) in [5.41, 5.74) is 5.18. The maximum absolute atomic E-state index is 6.15. The molecule has 4 nitrogen and oxygen atoms in total. The topological polar surface area (TPSA) is 51.0 Å². The molecule has 7 heteroatoms. The van der Waals surface area contributed by atoms with E-state index < -0.39 is 0 Å². The summed E-state index contributed by atoms with van der Waals surface area (Å²) in [6, 6.07) is 20.2. The first-order valence-electron chi connectivity index (χ1n) is 9.61. The predicted octanol–water partition coefficient (Wildman–Crippen LogP) is 3.75. The lowest BCUT2D eigenvalue weighted by atomic mass is 9.80. The van der Waals surface area contributed by atoms with Crippen molar-refractivity contribution in [2.45, 2.75) is 19.0 Å². The number of hydrogen-bond donors (Lipinski definition) is 1. The number of hydrogen-bond acceptors (Lipinski definition) is 3. The summed E-state index contributed by atoms with van der Waals surface area (Å²) in [6.45, 7) is 4.11. The number of ether oxygens (including phenoxy) is 1. The van der Waals surface area contributed by atoms with Crippen molar-refractivity contribution in [2.24, 2.45) is 0 Å². The molecule has 2 aromatic carbocycles. The van der Waals surface area contributed by atoms with Gasteiger partial charge in [-0.2, -0.15) is 0 Å². The van der Waals surface area contributed by atoms with Crippen molar-refractivity contribution in [1.29, 1.82) is 0 Å². The van der Waals surface area contributed by atoms with Crippen molar-refractivity contribution in [3.05, 3.63) is 71.9 Å². The number of H-pyrrole nitrogens is 1. The summed E-state index contributed by atoms with van der Waals surface area (Å²) in [7, 11) is 6.70. The van der Waals surface area contributed by atoms with E-state index in [9.17, 15) is 0 Å². The Balaban J connectivity index is 1.68. The molecule has 2 aromatic heterocycles. The third-order valence-corrected chi connectivity index (χ3v) is 4.69. The van der Waals surface area contributed by atoms with Crippen LogP contribution in [0.4, 0.5) is 0 Å². The standard InChI is InChI=1S/C22H23B2N2O2P/c1-13-7-9-15(10-8-13)20-14(2)25-21(26-20)19-12-11-17(27-19)16-5-3-4-6-18(16)28-22(23,24)29/h3-12H,23-24,29H2,1-2H3,(H,25,26). The van der Waals surface area contributed by atoms with Crippen molar-refractivity contribution < 1.29 is 9.15 Å². The molecule has 0 bridgehead atoms. The first kappa shape index (κ1) is 19.6. The van der Waals surface area contributed by atoms with Crippen LogP contribution >= 0.6 is 9.24 Å². The molecule has 4 aromatic rings. The van der Waals surface area contributed by atoms with Crippen LogP contribution in [0.25, 0.3) is 34.2 Å². The fraction of sp³-hybridized carbons (Fsp3) is 0.136. The summed E-state index contributed by atoms with van der Waals surface area (Å²) in [6.07, 6.45) is 0. The van der Waals surface area contributed by atoms with Crippen LogP contribution in [0.3, 0.4) is 0 Å². The average Bonchev–Trinajstić information content (AvgIpc) is 3.28. The normalized spacial score (nSPS) is 11.6. The number of para-hydroxylation sites is 1. The maximum atomic E-state index is 6.15. The molecule has 0 fully saturated rings. The molecule has 0 aliphatic heterocycles. The third kappa shape index (κ3) is 4.33. The number of nitrogens with zero attached hydrogens (tertiary/aromatic N) is 1. The summed E-state index contributed by atoms with van der Waals surface area (Å²) in [4.78, 5) is 8.14. The number of aromatic amines is 1. The summed E-state index contributed by atoms with van der Waals surface area (Å²) < 4.78 is 12.2. The minimum atomic E-state index is -0.368. The van der Waals surface area contributed by atoms with Crippen LogP contribution < -0.4 is 4.74 Å². The van der Waals surface area contributed by atoms with Gasteiger partial charge in [0.1, 0.15) is 11.5 Å². The molecule has 0 saturated carbocycles. The molecule has 144 valence electrons. The van der Waals surface area contributed by atoms with Crippen LogP contribution in [0.15, 0.2) is 65.1 Å². The lowest BCUT2D eigenvalue weighted by Gasteiger charge is -2.23. The molecule has 29 heavy (non-hydrogen) atoms. The number of imidazole rings is 1. The van der Waals surface area contributed by atoms with E-state index in [4.69, 9.17) is 14.1 Å². The molecular weight excluding hydrogens is 377 g/mol. The van der Waals surface area contributed by atoms with Gasteiger partial charge in [0.15, 0.2) is 27.3 Å². The smallest absolute Gasteiger partial charge is 0.174 e. The molecule has 0 radical (unpaired) electrons. The van der Waals surface area contributed by atoms with E-state index in [1.54, 1.807) is 0 Å². The Morgan fingerprint density at radius 1 is 0.966 bits per heavy atom.